The van der Waals surface area contributed by atoms with Crippen LogP contribution in [0.5, 0.6) is 0 Å². The van der Waals surface area contributed by atoms with Gasteiger partial charge < -0.3 is 15.1 Å². The zero-order valence-electron chi connectivity index (χ0n) is 17.0. The van der Waals surface area contributed by atoms with Crippen molar-refractivity contribution < 1.29 is 4.79 Å². The molecule has 9 heteroatoms. The van der Waals surface area contributed by atoms with Crippen molar-refractivity contribution in [3.8, 4) is 0 Å². The predicted octanol–water partition coefficient (Wildman–Crippen LogP) is 2.03. The molecule has 0 saturated carbocycles. The molecule has 1 aromatic rings. The first-order valence-electron chi connectivity index (χ1n) is 10.2. The van der Waals surface area contributed by atoms with E-state index in [1.807, 2.05) is 11.1 Å². The number of hydrogen-bond acceptors (Lipinski definition) is 5. The van der Waals surface area contributed by atoms with E-state index >= 15 is 0 Å². The molecule has 1 N–H and O–H groups in total. The molecule has 0 radical (unpaired) electrons. The van der Waals surface area contributed by atoms with Crippen LogP contribution in [-0.4, -0.2) is 83.9 Å². The molecule has 0 aliphatic carbocycles. The second-order valence-corrected chi connectivity index (χ2v) is 8.29. The first kappa shape index (κ1) is 23.3. The van der Waals surface area contributed by atoms with Gasteiger partial charge in [0.05, 0.1) is 13.1 Å². The average molecular weight is 520 g/mol. The van der Waals surface area contributed by atoms with E-state index < -0.39 is 0 Å². The molecule has 7 nitrogen and oxygen atoms in total. The number of carbonyl (C=O) groups excluding carboxylic acids is 1. The Morgan fingerprint density at radius 2 is 1.86 bits per heavy atom. The fraction of sp³-hybridized carbons (Fsp3) is 0.737. The van der Waals surface area contributed by atoms with Crippen molar-refractivity contribution in [3.63, 3.8) is 0 Å². The summed E-state index contributed by atoms with van der Waals surface area (Å²) in [4.78, 5) is 29.5. The lowest BCUT2D eigenvalue weighted by atomic mass is 10.3. The monoisotopic (exact) mass is 520 g/mol. The number of aromatic nitrogens is 1. The van der Waals surface area contributed by atoms with E-state index in [2.05, 4.69) is 33.9 Å². The fourth-order valence-corrected chi connectivity index (χ4v) is 4.32. The normalized spacial score (nSPS) is 18.3. The Labute approximate surface area is 189 Å². The van der Waals surface area contributed by atoms with Gasteiger partial charge in [0.1, 0.15) is 5.01 Å². The number of guanidine groups is 1. The van der Waals surface area contributed by atoms with E-state index in [1.54, 1.807) is 11.3 Å². The Hall–Kier alpha value is -0.940. The van der Waals surface area contributed by atoms with E-state index in [1.165, 1.54) is 4.88 Å². The Balaban J connectivity index is 0.00000280. The molecule has 2 fully saturated rings. The first-order valence-corrected chi connectivity index (χ1v) is 11.0. The van der Waals surface area contributed by atoms with E-state index in [0.717, 1.165) is 76.0 Å². The molecule has 0 unspecified atom stereocenters. The zero-order valence-corrected chi connectivity index (χ0v) is 20.2. The van der Waals surface area contributed by atoms with Crippen LogP contribution in [0.2, 0.25) is 0 Å². The van der Waals surface area contributed by atoms with E-state index in [4.69, 9.17) is 4.99 Å². The number of nitrogens with zero attached hydrogens (tertiary/aromatic N) is 5. The summed E-state index contributed by atoms with van der Waals surface area (Å²) in [6.45, 7) is 11.8. The SMILES string of the molecule is CCNC(=NCc1ncc(CC)s1)N1CCN(CC(=O)N2CCCC2)CC1.I. The highest BCUT2D eigenvalue weighted by atomic mass is 127. The van der Waals surface area contributed by atoms with Crippen molar-refractivity contribution in [1.29, 1.82) is 0 Å². The largest absolute Gasteiger partial charge is 0.357 e. The van der Waals surface area contributed by atoms with Gasteiger partial charge in [0.25, 0.3) is 0 Å². The zero-order chi connectivity index (χ0) is 19.1. The lowest BCUT2D eigenvalue weighted by Gasteiger charge is -2.36. The minimum atomic E-state index is 0. The number of hydrogen-bond donors (Lipinski definition) is 1. The number of piperazine rings is 1. The maximum atomic E-state index is 12.3. The van der Waals surface area contributed by atoms with Crippen LogP contribution in [-0.2, 0) is 17.8 Å². The summed E-state index contributed by atoms with van der Waals surface area (Å²) in [6.07, 6.45) is 5.29. The topological polar surface area (TPSA) is 64.1 Å². The van der Waals surface area contributed by atoms with Crippen molar-refractivity contribution >= 4 is 47.2 Å². The summed E-state index contributed by atoms with van der Waals surface area (Å²) < 4.78 is 0. The molecule has 2 aliphatic rings. The highest BCUT2D eigenvalue weighted by Gasteiger charge is 2.24. The fourth-order valence-electron chi connectivity index (χ4n) is 3.53. The summed E-state index contributed by atoms with van der Waals surface area (Å²) in [7, 11) is 0. The minimum Gasteiger partial charge on any atom is -0.357 e. The number of likely N-dealkylation sites (tertiary alicyclic amines) is 1. The number of rotatable bonds is 6. The number of aryl methyl sites for hydroxylation is 1. The second kappa shape index (κ2) is 11.9. The van der Waals surface area contributed by atoms with Crippen LogP contribution in [0.4, 0.5) is 0 Å². The quantitative estimate of drug-likeness (QED) is 0.354. The number of halogens is 1. The molecular weight excluding hydrogens is 487 g/mol. The molecule has 0 bridgehead atoms. The van der Waals surface area contributed by atoms with Crippen LogP contribution < -0.4 is 5.32 Å². The van der Waals surface area contributed by atoms with Gasteiger partial charge in [0.2, 0.25) is 5.91 Å². The number of amides is 1. The van der Waals surface area contributed by atoms with Gasteiger partial charge in [-0.2, -0.15) is 0 Å². The van der Waals surface area contributed by atoms with Gasteiger partial charge in [0, 0.05) is 56.9 Å². The molecule has 0 atom stereocenters. The minimum absolute atomic E-state index is 0. The van der Waals surface area contributed by atoms with Crippen LogP contribution in [0.3, 0.4) is 0 Å². The lowest BCUT2D eigenvalue weighted by molar-refractivity contribution is -0.131. The van der Waals surface area contributed by atoms with Crippen LogP contribution in [0.1, 0.15) is 36.6 Å². The van der Waals surface area contributed by atoms with Gasteiger partial charge in [-0.1, -0.05) is 6.92 Å². The average Bonchev–Trinajstić information content (AvgIpc) is 3.37. The van der Waals surface area contributed by atoms with Crippen molar-refractivity contribution in [2.75, 3.05) is 52.4 Å². The van der Waals surface area contributed by atoms with Crippen LogP contribution in [0.25, 0.3) is 0 Å². The highest BCUT2D eigenvalue weighted by molar-refractivity contribution is 14.0. The van der Waals surface area contributed by atoms with Gasteiger partial charge in [-0.15, -0.1) is 35.3 Å². The lowest BCUT2D eigenvalue weighted by Crippen LogP contribution is -2.54. The molecule has 3 rings (SSSR count). The van der Waals surface area contributed by atoms with E-state index in [9.17, 15) is 4.79 Å². The van der Waals surface area contributed by atoms with Crippen molar-refractivity contribution in [3.05, 3.63) is 16.1 Å². The Bertz CT molecular complexity index is 638. The molecule has 2 aliphatic heterocycles. The summed E-state index contributed by atoms with van der Waals surface area (Å²) in [6, 6.07) is 0. The molecule has 158 valence electrons. The number of aliphatic imine (C=N–C) groups is 1. The summed E-state index contributed by atoms with van der Waals surface area (Å²) in [5.41, 5.74) is 0. The third-order valence-corrected chi connectivity index (χ3v) is 6.26. The smallest absolute Gasteiger partial charge is 0.236 e. The number of nitrogens with one attached hydrogen (secondary N) is 1. The first-order chi connectivity index (χ1) is 13.2. The van der Waals surface area contributed by atoms with Crippen molar-refractivity contribution in [2.24, 2.45) is 4.99 Å². The summed E-state index contributed by atoms with van der Waals surface area (Å²) >= 11 is 1.74. The molecule has 2 saturated heterocycles. The predicted molar refractivity (Wildman–Crippen MR) is 126 cm³/mol. The van der Waals surface area contributed by atoms with Gasteiger partial charge in [-0.3, -0.25) is 9.69 Å². The third kappa shape index (κ3) is 6.55. The van der Waals surface area contributed by atoms with E-state index in [0.29, 0.717) is 13.1 Å². The standard InChI is InChI=1S/C19H32N6OS.HI/c1-3-16-13-21-17(27-16)14-22-19(20-4-2)25-11-9-23(10-12-25)15-18(26)24-7-5-6-8-24;/h13H,3-12,14-15H2,1-2H3,(H,20,22);1H. The van der Waals surface area contributed by atoms with Crippen molar-refractivity contribution in [1.82, 2.24) is 25.0 Å². The number of carbonyl (C=O) groups is 1. The Morgan fingerprint density at radius 3 is 2.46 bits per heavy atom. The molecule has 3 heterocycles. The van der Waals surface area contributed by atoms with Gasteiger partial charge in [-0.05, 0) is 26.2 Å². The van der Waals surface area contributed by atoms with Gasteiger partial charge >= 0.3 is 0 Å². The molecule has 0 aromatic carbocycles. The Kier molecular flexibility index (Phi) is 9.93. The highest BCUT2D eigenvalue weighted by Crippen LogP contribution is 2.14. The molecular formula is C19H33IN6OS. The van der Waals surface area contributed by atoms with Crippen molar-refractivity contribution in [2.45, 2.75) is 39.7 Å². The molecule has 0 spiro atoms. The third-order valence-electron chi connectivity index (χ3n) is 5.14. The van der Waals surface area contributed by atoms with E-state index in [-0.39, 0.29) is 29.9 Å². The molecule has 1 aromatic heterocycles. The maximum absolute atomic E-state index is 12.3. The van der Waals surface area contributed by atoms with Gasteiger partial charge in [-0.25, -0.2) is 9.98 Å². The molecule has 28 heavy (non-hydrogen) atoms. The van der Waals surface area contributed by atoms with Crippen LogP contribution in [0.15, 0.2) is 11.2 Å². The summed E-state index contributed by atoms with van der Waals surface area (Å²) in [5.74, 6) is 1.24. The van der Waals surface area contributed by atoms with Gasteiger partial charge in [0.15, 0.2) is 5.96 Å². The Morgan fingerprint density at radius 1 is 1.14 bits per heavy atom. The van der Waals surface area contributed by atoms with Crippen LogP contribution >= 0.6 is 35.3 Å². The molecule has 1 amide bonds. The second-order valence-electron chi connectivity index (χ2n) is 7.10. The van der Waals surface area contributed by atoms with Crippen LogP contribution in [0, 0.1) is 0 Å². The summed E-state index contributed by atoms with van der Waals surface area (Å²) in [5, 5.41) is 4.47. The number of thiazole rings is 1. The maximum Gasteiger partial charge on any atom is 0.236 e.